The maximum absolute atomic E-state index is 12.4. The molecule has 0 unspecified atom stereocenters. The monoisotopic (exact) mass is 382 g/mol. The summed E-state index contributed by atoms with van der Waals surface area (Å²) in [5.74, 6) is 1.04. The molecular formula is C22H26N2O4. The van der Waals surface area contributed by atoms with Gasteiger partial charge in [-0.15, -0.1) is 0 Å². The fourth-order valence-corrected chi connectivity index (χ4v) is 2.48. The second-order valence-corrected chi connectivity index (χ2v) is 6.58. The molecule has 0 fully saturated rings. The Kier molecular flexibility index (Phi) is 7.63. The standard InChI is InChI=1S/C22H26N2O4/c1-15(2)14-23-22(26)18-7-5-6-8-19(18)24-21(25)12-10-16-9-11-17(27-3)13-20(16)28-4/h5-13,15H,14H2,1-4H3,(H,23,26)(H,24,25)/b12-10+. The highest BCUT2D eigenvalue weighted by Gasteiger charge is 2.12. The lowest BCUT2D eigenvalue weighted by Gasteiger charge is -2.12. The Hall–Kier alpha value is -3.28. The Balaban J connectivity index is 2.11. The van der Waals surface area contributed by atoms with Crippen LogP contribution >= 0.6 is 0 Å². The highest BCUT2D eigenvalue weighted by molar-refractivity contribution is 6.07. The molecule has 0 aromatic heterocycles. The zero-order chi connectivity index (χ0) is 20.5. The second kappa shape index (κ2) is 10.2. The van der Waals surface area contributed by atoms with Crippen molar-refractivity contribution < 1.29 is 19.1 Å². The predicted octanol–water partition coefficient (Wildman–Crippen LogP) is 3.74. The molecule has 0 aliphatic rings. The van der Waals surface area contributed by atoms with Gasteiger partial charge in [0, 0.05) is 24.3 Å². The Morgan fingerprint density at radius 3 is 2.50 bits per heavy atom. The van der Waals surface area contributed by atoms with Gasteiger partial charge in [-0.3, -0.25) is 9.59 Å². The maximum atomic E-state index is 12.4. The fourth-order valence-electron chi connectivity index (χ4n) is 2.48. The van der Waals surface area contributed by atoms with Crippen molar-refractivity contribution in [3.05, 3.63) is 59.7 Å². The zero-order valence-electron chi connectivity index (χ0n) is 16.6. The number of hydrogen-bond acceptors (Lipinski definition) is 4. The van der Waals surface area contributed by atoms with Crippen molar-refractivity contribution in [1.29, 1.82) is 0 Å². The molecule has 0 aliphatic heterocycles. The molecule has 0 radical (unpaired) electrons. The van der Waals surface area contributed by atoms with Crippen LogP contribution in [0.25, 0.3) is 6.08 Å². The molecular weight excluding hydrogens is 356 g/mol. The topological polar surface area (TPSA) is 76.7 Å². The summed E-state index contributed by atoms with van der Waals surface area (Å²) in [6.45, 7) is 4.61. The molecule has 0 spiro atoms. The normalized spacial score (nSPS) is 10.8. The number of para-hydroxylation sites is 1. The summed E-state index contributed by atoms with van der Waals surface area (Å²) in [6.07, 6.45) is 3.04. The average molecular weight is 382 g/mol. The molecule has 2 aromatic rings. The first-order valence-electron chi connectivity index (χ1n) is 9.03. The summed E-state index contributed by atoms with van der Waals surface area (Å²) in [5, 5.41) is 5.62. The Bertz CT molecular complexity index is 859. The van der Waals surface area contributed by atoms with Gasteiger partial charge in [0.1, 0.15) is 11.5 Å². The van der Waals surface area contributed by atoms with Gasteiger partial charge in [-0.25, -0.2) is 0 Å². The number of amides is 2. The number of carbonyl (C=O) groups excluding carboxylic acids is 2. The van der Waals surface area contributed by atoms with Crippen molar-refractivity contribution in [3.8, 4) is 11.5 Å². The van der Waals surface area contributed by atoms with Crippen molar-refractivity contribution in [2.75, 3.05) is 26.1 Å². The molecule has 6 nitrogen and oxygen atoms in total. The van der Waals surface area contributed by atoms with Gasteiger partial charge in [0.2, 0.25) is 5.91 Å². The van der Waals surface area contributed by atoms with Crippen molar-refractivity contribution in [2.45, 2.75) is 13.8 Å². The Labute approximate surface area is 165 Å². The molecule has 0 bridgehead atoms. The first kappa shape index (κ1) is 21.0. The Morgan fingerprint density at radius 1 is 1.07 bits per heavy atom. The lowest BCUT2D eigenvalue weighted by Crippen LogP contribution is -2.28. The largest absolute Gasteiger partial charge is 0.497 e. The van der Waals surface area contributed by atoms with Crippen molar-refractivity contribution in [3.63, 3.8) is 0 Å². The van der Waals surface area contributed by atoms with E-state index in [1.165, 1.54) is 6.08 Å². The van der Waals surface area contributed by atoms with Gasteiger partial charge in [-0.2, -0.15) is 0 Å². The molecule has 2 N–H and O–H groups in total. The average Bonchev–Trinajstić information content (AvgIpc) is 2.70. The predicted molar refractivity (Wildman–Crippen MR) is 111 cm³/mol. The van der Waals surface area contributed by atoms with Crippen molar-refractivity contribution in [2.24, 2.45) is 5.92 Å². The van der Waals surface area contributed by atoms with E-state index >= 15 is 0 Å². The molecule has 2 aromatic carbocycles. The lowest BCUT2D eigenvalue weighted by atomic mass is 10.1. The summed E-state index contributed by atoms with van der Waals surface area (Å²) < 4.78 is 10.5. The molecule has 0 saturated heterocycles. The maximum Gasteiger partial charge on any atom is 0.253 e. The summed E-state index contributed by atoms with van der Waals surface area (Å²) >= 11 is 0. The summed E-state index contributed by atoms with van der Waals surface area (Å²) in [6, 6.07) is 12.2. The lowest BCUT2D eigenvalue weighted by molar-refractivity contribution is -0.111. The highest BCUT2D eigenvalue weighted by Crippen LogP contribution is 2.25. The van der Waals surface area contributed by atoms with E-state index in [1.54, 1.807) is 62.8 Å². The number of hydrogen-bond donors (Lipinski definition) is 2. The number of ether oxygens (including phenoxy) is 2. The van der Waals surface area contributed by atoms with Crippen LogP contribution in [0.2, 0.25) is 0 Å². The number of nitrogens with one attached hydrogen (secondary N) is 2. The van der Waals surface area contributed by atoms with E-state index in [-0.39, 0.29) is 11.8 Å². The van der Waals surface area contributed by atoms with E-state index in [0.717, 1.165) is 5.56 Å². The molecule has 28 heavy (non-hydrogen) atoms. The van der Waals surface area contributed by atoms with Crippen LogP contribution in [0.3, 0.4) is 0 Å². The molecule has 0 saturated carbocycles. The third-order valence-electron chi connectivity index (χ3n) is 3.96. The van der Waals surface area contributed by atoms with E-state index in [2.05, 4.69) is 10.6 Å². The van der Waals surface area contributed by atoms with Crippen molar-refractivity contribution in [1.82, 2.24) is 5.32 Å². The number of anilines is 1. The highest BCUT2D eigenvalue weighted by atomic mass is 16.5. The fraction of sp³-hybridized carbons (Fsp3) is 0.273. The minimum Gasteiger partial charge on any atom is -0.497 e. The van der Waals surface area contributed by atoms with Crippen molar-refractivity contribution >= 4 is 23.6 Å². The van der Waals surface area contributed by atoms with Crippen LogP contribution in [0.5, 0.6) is 11.5 Å². The summed E-state index contributed by atoms with van der Waals surface area (Å²) in [5.41, 5.74) is 1.62. The molecule has 0 heterocycles. The van der Waals surface area contributed by atoms with Gasteiger partial charge in [0.25, 0.3) is 5.91 Å². The van der Waals surface area contributed by atoms with Crippen LogP contribution < -0.4 is 20.1 Å². The van der Waals surface area contributed by atoms with E-state index in [4.69, 9.17) is 9.47 Å². The minimum absolute atomic E-state index is 0.217. The van der Waals surface area contributed by atoms with Gasteiger partial charge in [0.15, 0.2) is 0 Å². The number of carbonyl (C=O) groups is 2. The summed E-state index contributed by atoms with van der Waals surface area (Å²) in [7, 11) is 3.13. The first-order chi connectivity index (χ1) is 13.4. The second-order valence-electron chi connectivity index (χ2n) is 6.58. The third kappa shape index (κ3) is 5.87. The molecule has 2 amide bonds. The Morgan fingerprint density at radius 2 is 1.82 bits per heavy atom. The van der Waals surface area contributed by atoms with Gasteiger partial charge < -0.3 is 20.1 Å². The number of benzene rings is 2. The van der Waals surface area contributed by atoms with Crippen LogP contribution in [0.15, 0.2) is 48.5 Å². The molecule has 2 rings (SSSR count). The van der Waals surface area contributed by atoms with Gasteiger partial charge in [0.05, 0.1) is 25.5 Å². The van der Waals surface area contributed by atoms with Crippen LogP contribution in [0.4, 0.5) is 5.69 Å². The minimum atomic E-state index is -0.345. The molecule has 6 heteroatoms. The van der Waals surface area contributed by atoms with Crippen LogP contribution in [-0.4, -0.2) is 32.6 Å². The van der Waals surface area contributed by atoms with E-state index in [1.807, 2.05) is 13.8 Å². The molecule has 0 atom stereocenters. The van der Waals surface area contributed by atoms with Crippen LogP contribution in [-0.2, 0) is 4.79 Å². The smallest absolute Gasteiger partial charge is 0.253 e. The van der Waals surface area contributed by atoms with Gasteiger partial charge >= 0.3 is 0 Å². The third-order valence-corrected chi connectivity index (χ3v) is 3.96. The first-order valence-corrected chi connectivity index (χ1v) is 9.03. The van der Waals surface area contributed by atoms with E-state index in [9.17, 15) is 9.59 Å². The van der Waals surface area contributed by atoms with Gasteiger partial charge in [-0.05, 0) is 36.3 Å². The van der Waals surface area contributed by atoms with E-state index in [0.29, 0.717) is 35.2 Å². The molecule has 0 aliphatic carbocycles. The number of rotatable bonds is 8. The van der Waals surface area contributed by atoms with E-state index < -0.39 is 0 Å². The van der Waals surface area contributed by atoms with Crippen LogP contribution in [0, 0.1) is 5.92 Å². The number of methoxy groups -OCH3 is 2. The van der Waals surface area contributed by atoms with Crippen LogP contribution in [0.1, 0.15) is 29.8 Å². The summed E-state index contributed by atoms with van der Waals surface area (Å²) in [4.78, 5) is 24.7. The van der Waals surface area contributed by atoms with Gasteiger partial charge in [-0.1, -0.05) is 26.0 Å². The molecule has 148 valence electrons. The SMILES string of the molecule is COc1ccc(/C=C/C(=O)Nc2ccccc2C(=O)NCC(C)C)c(OC)c1. The zero-order valence-corrected chi connectivity index (χ0v) is 16.6. The quantitative estimate of drug-likeness (QED) is 0.682.